The summed E-state index contributed by atoms with van der Waals surface area (Å²) in [5, 5.41) is 4.05. The molecule has 0 unspecified atom stereocenters. The lowest BCUT2D eigenvalue weighted by Gasteiger charge is -2.29. The van der Waals surface area contributed by atoms with Crippen molar-refractivity contribution in [3.63, 3.8) is 0 Å². The molecule has 0 radical (unpaired) electrons. The molecule has 1 saturated heterocycles. The monoisotopic (exact) mass is 302 g/mol. The van der Waals surface area contributed by atoms with Crippen molar-refractivity contribution < 1.29 is 9.26 Å². The van der Waals surface area contributed by atoms with Crippen molar-refractivity contribution in [2.75, 3.05) is 31.2 Å². The van der Waals surface area contributed by atoms with Gasteiger partial charge >= 0.3 is 0 Å². The predicted molar refractivity (Wildman–Crippen MR) is 90.3 cm³/mol. The third-order valence-corrected chi connectivity index (χ3v) is 3.65. The molecule has 2 aromatic rings. The normalized spacial score (nSPS) is 14.4. The number of nitrogens with zero attached hydrogens (tertiary/aromatic N) is 2. The molecule has 0 spiro atoms. The van der Waals surface area contributed by atoms with E-state index in [1.807, 2.05) is 13.0 Å². The van der Waals surface area contributed by atoms with Gasteiger partial charge in [0.05, 0.1) is 13.2 Å². The van der Waals surface area contributed by atoms with Crippen LogP contribution in [0.3, 0.4) is 0 Å². The average molecular weight is 302 g/mol. The molecule has 1 aromatic heterocycles. The standard InChI is InChI=1S/C14H16N2O2.C4H10/c1-11-9-14(15-18-11)12-3-2-4-13(10-12)16-5-7-17-8-6-16;1-3-4-2/h2-4,9-10H,5-8H2,1H3;3-4H2,1-2H3. The molecular weight excluding hydrogens is 276 g/mol. The van der Waals surface area contributed by atoms with Gasteiger partial charge in [-0.15, -0.1) is 0 Å². The van der Waals surface area contributed by atoms with Crippen LogP contribution in [0.25, 0.3) is 11.3 Å². The number of benzene rings is 1. The van der Waals surface area contributed by atoms with E-state index in [0.29, 0.717) is 0 Å². The number of unbranched alkanes of at least 4 members (excludes halogenated alkanes) is 1. The van der Waals surface area contributed by atoms with Crippen molar-refractivity contribution in [3.05, 3.63) is 36.1 Å². The van der Waals surface area contributed by atoms with Crippen molar-refractivity contribution >= 4 is 5.69 Å². The summed E-state index contributed by atoms with van der Waals surface area (Å²) in [6.45, 7) is 9.76. The van der Waals surface area contributed by atoms with Crippen LogP contribution in [-0.2, 0) is 4.74 Å². The molecule has 2 heterocycles. The third-order valence-electron chi connectivity index (χ3n) is 3.65. The minimum atomic E-state index is 0.799. The first-order valence-corrected chi connectivity index (χ1v) is 8.11. The summed E-state index contributed by atoms with van der Waals surface area (Å²) in [4.78, 5) is 2.33. The molecule has 0 atom stereocenters. The Morgan fingerprint density at radius 1 is 1.09 bits per heavy atom. The summed E-state index contributed by atoms with van der Waals surface area (Å²) in [6.07, 6.45) is 2.64. The highest BCUT2D eigenvalue weighted by molar-refractivity contribution is 5.65. The van der Waals surface area contributed by atoms with Crippen molar-refractivity contribution in [2.45, 2.75) is 33.6 Å². The van der Waals surface area contributed by atoms with Crippen LogP contribution < -0.4 is 4.90 Å². The number of ether oxygens (including phenoxy) is 1. The fourth-order valence-corrected chi connectivity index (χ4v) is 2.19. The number of hydrogen-bond acceptors (Lipinski definition) is 4. The van der Waals surface area contributed by atoms with E-state index in [9.17, 15) is 0 Å². The van der Waals surface area contributed by atoms with Crippen LogP contribution in [0.5, 0.6) is 0 Å². The topological polar surface area (TPSA) is 38.5 Å². The van der Waals surface area contributed by atoms with Gasteiger partial charge in [-0.25, -0.2) is 0 Å². The minimum Gasteiger partial charge on any atom is -0.378 e. The summed E-state index contributed by atoms with van der Waals surface area (Å²) in [7, 11) is 0. The van der Waals surface area contributed by atoms with Crippen molar-refractivity contribution in [3.8, 4) is 11.3 Å². The van der Waals surface area contributed by atoms with Crippen LogP contribution in [-0.4, -0.2) is 31.5 Å². The third kappa shape index (κ3) is 4.60. The van der Waals surface area contributed by atoms with Crippen LogP contribution >= 0.6 is 0 Å². The molecule has 4 nitrogen and oxygen atoms in total. The summed E-state index contributed by atoms with van der Waals surface area (Å²) in [5.74, 6) is 0.835. The van der Waals surface area contributed by atoms with Gasteiger partial charge in [-0.3, -0.25) is 0 Å². The zero-order valence-electron chi connectivity index (χ0n) is 13.8. The molecule has 1 aliphatic rings. The first-order chi connectivity index (χ1) is 10.7. The van der Waals surface area contributed by atoms with Gasteiger partial charge in [-0.05, 0) is 19.1 Å². The number of anilines is 1. The summed E-state index contributed by atoms with van der Waals surface area (Å²) in [6, 6.07) is 10.4. The molecule has 4 heteroatoms. The first kappa shape index (κ1) is 16.6. The molecule has 0 amide bonds. The Morgan fingerprint density at radius 3 is 2.41 bits per heavy atom. The summed E-state index contributed by atoms with van der Waals surface area (Å²) < 4.78 is 10.5. The van der Waals surface area contributed by atoms with Crippen molar-refractivity contribution in [1.82, 2.24) is 5.16 Å². The molecule has 22 heavy (non-hydrogen) atoms. The minimum absolute atomic E-state index is 0.799. The largest absolute Gasteiger partial charge is 0.378 e. The van der Waals surface area contributed by atoms with Gasteiger partial charge in [0.1, 0.15) is 11.5 Å². The van der Waals surface area contributed by atoms with Gasteiger partial charge < -0.3 is 14.2 Å². The maximum absolute atomic E-state index is 5.37. The van der Waals surface area contributed by atoms with E-state index in [0.717, 1.165) is 43.3 Å². The van der Waals surface area contributed by atoms with Crippen molar-refractivity contribution in [2.24, 2.45) is 0 Å². The van der Waals surface area contributed by atoms with Gasteiger partial charge in [0.15, 0.2) is 0 Å². The molecule has 0 N–H and O–H groups in total. The first-order valence-electron chi connectivity index (χ1n) is 8.11. The maximum Gasteiger partial charge on any atom is 0.134 e. The number of hydrogen-bond donors (Lipinski definition) is 0. The van der Waals surface area contributed by atoms with Crippen molar-refractivity contribution in [1.29, 1.82) is 0 Å². The quantitative estimate of drug-likeness (QED) is 0.847. The second-order valence-electron chi connectivity index (χ2n) is 5.47. The van der Waals surface area contributed by atoms with E-state index in [1.54, 1.807) is 0 Å². The Balaban J connectivity index is 0.000000396. The Kier molecular flexibility index (Phi) is 6.46. The second-order valence-corrected chi connectivity index (χ2v) is 5.47. The number of rotatable bonds is 3. The van der Waals surface area contributed by atoms with Crippen LogP contribution in [0.2, 0.25) is 0 Å². The van der Waals surface area contributed by atoms with E-state index in [4.69, 9.17) is 9.26 Å². The zero-order valence-corrected chi connectivity index (χ0v) is 13.8. The van der Waals surface area contributed by atoms with Gasteiger partial charge in [0.2, 0.25) is 0 Å². The Morgan fingerprint density at radius 2 is 1.82 bits per heavy atom. The number of morpholine rings is 1. The summed E-state index contributed by atoms with van der Waals surface area (Å²) >= 11 is 0. The van der Waals surface area contributed by atoms with Gasteiger partial charge in [0, 0.05) is 30.4 Å². The fourth-order valence-electron chi connectivity index (χ4n) is 2.19. The smallest absolute Gasteiger partial charge is 0.134 e. The van der Waals surface area contributed by atoms with E-state index in [-0.39, 0.29) is 0 Å². The molecule has 0 aliphatic carbocycles. The van der Waals surface area contributed by atoms with Gasteiger partial charge in [-0.1, -0.05) is 44.0 Å². The van der Waals surface area contributed by atoms with E-state index in [1.165, 1.54) is 18.5 Å². The van der Waals surface area contributed by atoms with Crippen LogP contribution in [0, 0.1) is 6.92 Å². The predicted octanol–water partition coefficient (Wildman–Crippen LogP) is 4.29. The fraction of sp³-hybridized carbons (Fsp3) is 0.500. The maximum atomic E-state index is 5.37. The average Bonchev–Trinajstić information content (AvgIpc) is 3.02. The van der Waals surface area contributed by atoms with E-state index >= 15 is 0 Å². The zero-order chi connectivity index (χ0) is 15.8. The highest BCUT2D eigenvalue weighted by Gasteiger charge is 2.12. The summed E-state index contributed by atoms with van der Waals surface area (Å²) in [5.41, 5.74) is 3.20. The van der Waals surface area contributed by atoms with Gasteiger partial charge in [-0.2, -0.15) is 0 Å². The Labute approximate surface area is 133 Å². The molecular formula is C18H26N2O2. The molecule has 1 aliphatic heterocycles. The highest BCUT2D eigenvalue weighted by atomic mass is 16.5. The molecule has 120 valence electrons. The highest BCUT2D eigenvalue weighted by Crippen LogP contribution is 2.24. The Hall–Kier alpha value is -1.81. The lowest BCUT2D eigenvalue weighted by atomic mass is 10.1. The van der Waals surface area contributed by atoms with E-state index < -0.39 is 0 Å². The SMILES string of the molecule is CCCC.Cc1cc(-c2cccc(N3CCOCC3)c2)no1. The molecule has 1 fully saturated rings. The van der Waals surface area contributed by atoms with Crippen LogP contribution in [0.1, 0.15) is 32.4 Å². The van der Waals surface area contributed by atoms with Crippen LogP contribution in [0.4, 0.5) is 5.69 Å². The molecule has 3 rings (SSSR count). The lowest BCUT2D eigenvalue weighted by molar-refractivity contribution is 0.122. The lowest BCUT2D eigenvalue weighted by Crippen LogP contribution is -2.36. The second kappa shape index (κ2) is 8.59. The van der Waals surface area contributed by atoms with Gasteiger partial charge in [0.25, 0.3) is 0 Å². The molecule has 1 aromatic carbocycles. The number of aryl methyl sites for hydroxylation is 1. The Bertz CT molecular complexity index is 558. The molecule has 0 bridgehead atoms. The molecule has 0 saturated carbocycles. The number of aromatic nitrogens is 1. The van der Waals surface area contributed by atoms with E-state index in [2.05, 4.69) is 48.2 Å². The van der Waals surface area contributed by atoms with Crippen LogP contribution in [0.15, 0.2) is 34.9 Å².